The molecule has 0 spiro atoms. The highest BCUT2D eigenvalue weighted by molar-refractivity contribution is 7.13. The number of likely N-dealkylation sites (tertiary alicyclic amines) is 1. The summed E-state index contributed by atoms with van der Waals surface area (Å²) in [6.45, 7) is 12.4. The fraction of sp³-hybridized carbons (Fsp3) is 0.431. The second kappa shape index (κ2) is 21.5. The largest absolute Gasteiger partial charge is 0.391 e. The standard InChI is InChI=1S/C51H60FN11O6S/c1-31(34-14-16-35(17-15-34)45-32(2)53-30-70-45)54-48(67)43-26-37(64)29-63(43)50(69)46(51(3,4)5)55-44(65)12-8-9-19-62-28-36(56-59-62)27-60-20-22-61(23-21-60)49(68)40-24-33(13-18-41(40)52)25-42-38-10-6-7-11-39(38)47(66)58-57-42/h6-7,10-11,13-18,24,28,30-31,37,43,46,64H,8-9,12,19-23,25-27,29H2,1-5H3,(H,54,67)(H,55,65)(H,58,66)/t31-,37+,43-,46+/m0/s1. The Labute approximate surface area is 409 Å². The molecule has 0 aliphatic carbocycles. The predicted octanol–water partition coefficient (Wildman–Crippen LogP) is 5.17. The van der Waals surface area contributed by atoms with E-state index in [0.717, 1.165) is 27.4 Å². The second-order valence-electron chi connectivity index (χ2n) is 19.4. The van der Waals surface area contributed by atoms with Crippen LogP contribution in [0.2, 0.25) is 0 Å². The Bertz CT molecular complexity index is 2900. The van der Waals surface area contributed by atoms with Crippen molar-refractivity contribution in [3.8, 4) is 10.4 Å². The van der Waals surface area contributed by atoms with Crippen LogP contribution >= 0.6 is 11.3 Å². The molecule has 0 unspecified atom stereocenters. The molecule has 368 valence electrons. The van der Waals surface area contributed by atoms with Crippen LogP contribution in [0.3, 0.4) is 0 Å². The van der Waals surface area contributed by atoms with E-state index in [2.05, 4.69) is 41.0 Å². The zero-order chi connectivity index (χ0) is 49.7. The number of halogens is 1. The highest BCUT2D eigenvalue weighted by Crippen LogP contribution is 2.30. The van der Waals surface area contributed by atoms with Crippen molar-refractivity contribution in [3.05, 3.63) is 128 Å². The number of aliphatic hydroxyl groups excluding tert-OH is 1. The van der Waals surface area contributed by atoms with Gasteiger partial charge in [0.2, 0.25) is 17.7 Å². The maximum Gasteiger partial charge on any atom is 0.272 e. The molecule has 4 amide bonds. The summed E-state index contributed by atoms with van der Waals surface area (Å²) in [5.41, 5.74) is 5.82. The van der Waals surface area contributed by atoms with Crippen LogP contribution in [-0.2, 0) is 33.9 Å². The summed E-state index contributed by atoms with van der Waals surface area (Å²) in [5, 5.41) is 33.2. The number of carbonyl (C=O) groups is 4. The Morgan fingerprint density at radius 1 is 0.971 bits per heavy atom. The van der Waals surface area contributed by atoms with Crippen LogP contribution in [0.15, 0.2) is 83.2 Å². The van der Waals surface area contributed by atoms with Crippen molar-refractivity contribution in [2.45, 2.75) is 104 Å². The molecule has 0 bridgehead atoms. The molecule has 70 heavy (non-hydrogen) atoms. The Hall–Kier alpha value is -6.70. The number of fused-ring (bicyclic) bond motifs is 1. The number of thiazole rings is 1. The van der Waals surface area contributed by atoms with Crippen LogP contribution in [0.1, 0.15) is 98.0 Å². The number of aromatic amines is 1. The number of amides is 4. The van der Waals surface area contributed by atoms with Gasteiger partial charge in [-0.1, -0.05) is 74.5 Å². The van der Waals surface area contributed by atoms with Crippen molar-refractivity contribution in [1.29, 1.82) is 0 Å². The molecule has 0 saturated carbocycles. The van der Waals surface area contributed by atoms with E-state index in [4.69, 9.17) is 0 Å². The van der Waals surface area contributed by atoms with Gasteiger partial charge in [-0.15, -0.1) is 16.4 Å². The van der Waals surface area contributed by atoms with Gasteiger partial charge in [0.05, 0.1) is 50.6 Å². The van der Waals surface area contributed by atoms with Crippen molar-refractivity contribution in [3.63, 3.8) is 0 Å². The van der Waals surface area contributed by atoms with Gasteiger partial charge in [-0.3, -0.25) is 33.6 Å². The molecule has 4 N–H and O–H groups in total. The van der Waals surface area contributed by atoms with Gasteiger partial charge >= 0.3 is 0 Å². The van der Waals surface area contributed by atoms with Gasteiger partial charge < -0.3 is 25.5 Å². The molecule has 5 heterocycles. The Morgan fingerprint density at radius 3 is 2.43 bits per heavy atom. The number of aryl methyl sites for hydroxylation is 2. The zero-order valence-corrected chi connectivity index (χ0v) is 41.0. The van der Waals surface area contributed by atoms with Gasteiger partial charge in [0.25, 0.3) is 11.5 Å². The number of unbranched alkanes of at least 4 members (excludes halogenated alkanes) is 1. The van der Waals surface area contributed by atoms with Gasteiger partial charge in [-0.25, -0.2) is 14.5 Å². The minimum atomic E-state index is -0.926. The second-order valence-corrected chi connectivity index (χ2v) is 20.3. The van der Waals surface area contributed by atoms with Gasteiger partial charge in [0.1, 0.15) is 17.9 Å². The third kappa shape index (κ3) is 11.7. The number of nitrogens with zero attached hydrogens (tertiary/aromatic N) is 8. The number of β-amino-alcohol motifs (C(OH)–C–C–N with tert-alkyl or cyclic N) is 1. The van der Waals surface area contributed by atoms with E-state index in [0.29, 0.717) is 80.6 Å². The van der Waals surface area contributed by atoms with Crippen molar-refractivity contribution < 1.29 is 28.7 Å². The molecule has 2 aliphatic rings. The maximum absolute atomic E-state index is 15.1. The summed E-state index contributed by atoms with van der Waals surface area (Å²) >= 11 is 1.57. The topological polar surface area (TPSA) is 212 Å². The van der Waals surface area contributed by atoms with Gasteiger partial charge in [-0.2, -0.15) is 5.10 Å². The molecule has 4 atom stereocenters. The minimum Gasteiger partial charge on any atom is -0.391 e. The van der Waals surface area contributed by atoms with Crippen LogP contribution in [0.25, 0.3) is 21.2 Å². The van der Waals surface area contributed by atoms with E-state index in [1.54, 1.807) is 45.2 Å². The van der Waals surface area contributed by atoms with E-state index in [-0.39, 0.29) is 54.3 Å². The molecule has 19 heteroatoms. The van der Waals surface area contributed by atoms with E-state index < -0.39 is 35.3 Å². The van der Waals surface area contributed by atoms with E-state index in [1.807, 2.05) is 82.7 Å². The molecule has 6 aromatic rings. The van der Waals surface area contributed by atoms with Crippen molar-refractivity contribution in [2.75, 3.05) is 32.7 Å². The lowest BCUT2D eigenvalue weighted by molar-refractivity contribution is -0.144. The lowest BCUT2D eigenvalue weighted by Crippen LogP contribution is -2.57. The molecular weight excluding hydrogens is 914 g/mol. The zero-order valence-electron chi connectivity index (χ0n) is 40.2. The number of benzene rings is 3. The number of carbonyl (C=O) groups excluding carboxylic acids is 4. The Balaban J connectivity index is 0.774. The van der Waals surface area contributed by atoms with Crippen LogP contribution in [0.5, 0.6) is 0 Å². The summed E-state index contributed by atoms with van der Waals surface area (Å²) in [5.74, 6) is -2.05. The van der Waals surface area contributed by atoms with E-state index in [9.17, 15) is 29.1 Å². The fourth-order valence-corrected chi connectivity index (χ4v) is 9.99. The summed E-state index contributed by atoms with van der Waals surface area (Å²) in [4.78, 5) is 77.6. The number of nitrogens with one attached hydrogen (secondary N) is 3. The lowest BCUT2D eigenvalue weighted by atomic mass is 9.85. The first-order chi connectivity index (χ1) is 33.5. The first-order valence-electron chi connectivity index (χ1n) is 23.8. The SMILES string of the molecule is Cc1ncsc1-c1ccc([C@H](C)NC(=O)[C@@H]2C[C@@H](O)CN2C(=O)[C@@H](NC(=O)CCCCn2cc(CN3CCN(C(=O)c4cc(Cc5n[nH]c(=O)c6ccccc56)ccc4F)CC3)nn2)C(C)(C)C)cc1. The summed E-state index contributed by atoms with van der Waals surface area (Å²) < 4.78 is 16.8. The van der Waals surface area contributed by atoms with Crippen molar-refractivity contribution in [2.24, 2.45) is 5.41 Å². The average Bonchev–Trinajstić information content (AvgIpc) is 4.10. The van der Waals surface area contributed by atoms with Crippen molar-refractivity contribution in [1.82, 2.24) is 55.5 Å². The summed E-state index contributed by atoms with van der Waals surface area (Å²) in [6.07, 6.45) is 2.73. The third-order valence-electron chi connectivity index (χ3n) is 13.1. The van der Waals surface area contributed by atoms with Crippen LogP contribution in [0, 0.1) is 18.2 Å². The van der Waals surface area contributed by atoms with Gasteiger partial charge in [-0.05, 0) is 67.0 Å². The first-order valence-corrected chi connectivity index (χ1v) is 24.6. The van der Waals surface area contributed by atoms with E-state index >= 15 is 4.39 Å². The predicted molar refractivity (Wildman–Crippen MR) is 263 cm³/mol. The summed E-state index contributed by atoms with van der Waals surface area (Å²) in [6, 6.07) is 17.4. The quantitative estimate of drug-likeness (QED) is 0.0930. The Kier molecular flexibility index (Phi) is 15.3. The number of hydrogen-bond donors (Lipinski definition) is 4. The van der Waals surface area contributed by atoms with Gasteiger partial charge in [0.15, 0.2) is 0 Å². The first kappa shape index (κ1) is 49.7. The van der Waals surface area contributed by atoms with Crippen molar-refractivity contribution >= 4 is 45.7 Å². The molecule has 0 radical (unpaired) electrons. The third-order valence-corrected chi connectivity index (χ3v) is 14.1. The molecule has 8 rings (SSSR count). The molecule has 3 aromatic heterocycles. The molecule has 2 fully saturated rings. The highest BCUT2D eigenvalue weighted by Gasteiger charge is 2.44. The number of H-pyrrole nitrogens is 1. The lowest BCUT2D eigenvalue weighted by Gasteiger charge is -2.35. The van der Waals surface area contributed by atoms with E-state index in [1.165, 1.54) is 11.0 Å². The smallest absolute Gasteiger partial charge is 0.272 e. The molecule has 17 nitrogen and oxygen atoms in total. The average molecular weight is 974 g/mol. The highest BCUT2D eigenvalue weighted by atomic mass is 32.1. The van der Waals surface area contributed by atoms with Gasteiger partial charge in [0, 0.05) is 76.7 Å². The van der Waals surface area contributed by atoms with Crippen LogP contribution in [-0.4, -0.2) is 125 Å². The molecule has 2 saturated heterocycles. The normalized spacial score (nSPS) is 17.4. The number of piperazine rings is 1. The fourth-order valence-electron chi connectivity index (χ4n) is 9.18. The molecular formula is C51H60FN11O6S. The Morgan fingerprint density at radius 2 is 1.71 bits per heavy atom. The summed E-state index contributed by atoms with van der Waals surface area (Å²) in [7, 11) is 0. The van der Waals surface area contributed by atoms with Crippen LogP contribution < -0.4 is 16.2 Å². The monoisotopic (exact) mass is 973 g/mol. The number of aromatic nitrogens is 6. The van der Waals surface area contributed by atoms with Crippen LogP contribution in [0.4, 0.5) is 4.39 Å². The molecule has 3 aromatic carbocycles. The number of aliphatic hydroxyl groups is 1. The maximum atomic E-state index is 15.1. The molecule has 2 aliphatic heterocycles. The number of rotatable bonds is 16. The number of hydrogen-bond acceptors (Lipinski definition) is 12. The minimum absolute atomic E-state index is 0.00709.